The van der Waals surface area contributed by atoms with Crippen LogP contribution in [0.1, 0.15) is 17.3 Å². The Morgan fingerprint density at radius 2 is 2.23 bits per heavy atom. The van der Waals surface area contributed by atoms with Crippen molar-refractivity contribution in [1.82, 2.24) is 15.2 Å². The number of rotatable bonds is 6. The lowest BCUT2D eigenvalue weighted by Crippen LogP contribution is -2.48. The SMILES string of the molecule is CCOc1ncccc1C(=O)NCCN1C(=O)N=C2N=CC=CC2C1=O. The first-order valence-electron chi connectivity index (χ1n) is 8.12. The number of imide groups is 1. The molecule has 0 bridgehead atoms. The molecule has 0 aromatic carbocycles. The Bertz CT molecular complexity index is 830. The smallest absolute Gasteiger partial charge is 0.352 e. The number of aliphatic imine (C=N–C) groups is 2. The Labute approximate surface area is 149 Å². The van der Waals surface area contributed by atoms with Crippen molar-refractivity contribution in [3.05, 3.63) is 36.0 Å². The van der Waals surface area contributed by atoms with E-state index in [2.05, 4.69) is 20.3 Å². The largest absolute Gasteiger partial charge is 0.477 e. The van der Waals surface area contributed by atoms with Crippen molar-refractivity contribution in [2.24, 2.45) is 15.9 Å². The van der Waals surface area contributed by atoms with Crippen molar-refractivity contribution in [2.45, 2.75) is 6.92 Å². The van der Waals surface area contributed by atoms with E-state index >= 15 is 0 Å². The molecule has 2 aliphatic heterocycles. The van der Waals surface area contributed by atoms with Crippen LogP contribution in [0.3, 0.4) is 0 Å². The Kier molecular flexibility index (Phi) is 5.16. The van der Waals surface area contributed by atoms with Crippen LogP contribution in [0.2, 0.25) is 0 Å². The third kappa shape index (κ3) is 3.51. The number of urea groups is 1. The maximum Gasteiger partial charge on any atom is 0.352 e. The van der Waals surface area contributed by atoms with E-state index in [0.29, 0.717) is 6.61 Å². The topological polar surface area (TPSA) is 113 Å². The van der Waals surface area contributed by atoms with Gasteiger partial charge in [0, 0.05) is 25.5 Å². The summed E-state index contributed by atoms with van der Waals surface area (Å²) in [6, 6.07) is 2.53. The summed E-state index contributed by atoms with van der Waals surface area (Å²) in [7, 11) is 0. The van der Waals surface area contributed by atoms with Crippen LogP contribution in [0.15, 0.2) is 40.5 Å². The predicted molar refractivity (Wildman–Crippen MR) is 93.4 cm³/mol. The standard InChI is InChI=1S/C17H17N5O4/c1-2-26-15-12(6-4-8-20-15)14(23)19-9-10-22-16(24)11-5-3-7-18-13(11)21-17(22)25/h3-8,11H,2,9-10H2,1H3,(H,19,23). The van der Waals surface area contributed by atoms with Crippen molar-refractivity contribution in [3.8, 4) is 5.88 Å². The molecular formula is C17H17N5O4. The van der Waals surface area contributed by atoms with Crippen molar-refractivity contribution in [1.29, 1.82) is 0 Å². The predicted octanol–water partition coefficient (Wildman–Crippen LogP) is 0.828. The fraction of sp³-hybridized carbons (Fsp3) is 0.294. The molecule has 0 radical (unpaired) electrons. The minimum Gasteiger partial charge on any atom is -0.477 e. The fourth-order valence-corrected chi connectivity index (χ4v) is 2.56. The molecule has 0 spiro atoms. The molecule has 0 aliphatic carbocycles. The third-order valence-electron chi connectivity index (χ3n) is 3.77. The van der Waals surface area contributed by atoms with Crippen LogP contribution in [0.4, 0.5) is 4.79 Å². The molecule has 2 aliphatic rings. The van der Waals surface area contributed by atoms with Gasteiger partial charge < -0.3 is 10.1 Å². The Balaban J connectivity index is 1.61. The minimum atomic E-state index is -0.681. The Hall–Kier alpha value is -3.36. The Morgan fingerprint density at radius 1 is 1.38 bits per heavy atom. The lowest BCUT2D eigenvalue weighted by atomic mass is 10.0. The van der Waals surface area contributed by atoms with E-state index in [4.69, 9.17) is 4.74 Å². The molecule has 0 fully saturated rings. The maximum absolute atomic E-state index is 12.4. The molecule has 0 saturated carbocycles. The van der Waals surface area contributed by atoms with Gasteiger partial charge in [0.1, 0.15) is 17.3 Å². The molecule has 134 valence electrons. The van der Waals surface area contributed by atoms with Crippen LogP contribution in [0, 0.1) is 5.92 Å². The van der Waals surface area contributed by atoms with Crippen LogP contribution < -0.4 is 10.1 Å². The lowest BCUT2D eigenvalue weighted by Gasteiger charge is -2.27. The first-order valence-corrected chi connectivity index (χ1v) is 8.12. The molecule has 26 heavy (non-hydrogen) atoms. The summed E-state index contributed by atoms with van der Waals surface area (Å²) in [5.41, 5.74) is 0.288. The number of amides is 4. The molecule has 9 nitrogen and oxygen atoms in total. The summed E-state index contributed by atoms with van der Waals surface area (Å²) in [5, 5.41) is 2.66. The fourth-order valence-electron chi connectivity index (χ4n) is 2.56. The number of hydrogen-bond acceptors (Lipinski definition) is 6. The number of aromatic nitrogens is 1. The van der Waals surface area contributed by atoms with Crippen molar-refractivity contribution >= 4 is 29.9 Å². The highest BCUT2D eigenvalue weighted by atomic mass is 16.5. The lowest BCUT2D eigenvalue weighted by molar-refractivity contribution is -0.129. The van der Waals surface area contributed by atoms with E-state index in [1.165, 1.54) is 12.4 Å². The molecule has 4 amide bonds. The van der Waals surface area contributed by atoms with Gasteiger partial charge in [-0.15, -0.1) is 0 Å². The zero-order valence-corrected chi connectivity index (χ0v) is 14.1. The third-order valence-corrected chi connectivity index (χ3v) is 3.77. The summed E-state index contributed by atoms with van der Waals surface area (Å²) in [6.45, 7) is 2.27. The second kappa shape index (κ2) is 7.68. The molecule has 1 N–H and O–H groups in total. The molecule has 3 rings (SSSR count). The second-order valence-corrected chi connectivity index (χ2v) is 5.43. The van der Waals surface area contributed by atoms with Gasteiger partial charge in [0.25, 0.3) is 5.91 Å². The number of allylic oxidation sites excluding steroid dienone is 1. The first-order chi connectivity index (χ1) is 12.6. The van der Waals surface area contributed by atoms with Gasteiger partial charge in [-0.25, -0.2) is 14.8 Å². The number of nitrogens with one attached hydrogen (secondary N) is 1. The van der Waals surface area contributed by atoms with Crippen LogP contribution in [-0.4, -0.2) is 59.5 Å². The van der Waals surface area contributed by atoms with E-state index < -0.39 is 23.8 Å². The number of ether oxygens (including phenoxy) is 1. The van der Waals surface area contributed by atoms with Crippen molar-refractivity contribution < 1.29 is 19.1 Å². The highest BCUT2D eigenvalue weighted by Gasteiger charge is 2.36. The average molecular weight is 355 g/mol. The number of dihydropyridines is 1. The van der Waals surface area contributed by atoms with Crippen molar-refractivity contribution in [2.75, 3.05) is 19.7 Å². The molecule has 1 aromatic heterocycles. The van der Waals surface area contributed by atoms with Gasteiger partial charge in [-0.1, -0.05) is 6.08 Å². The van der Waals surface area contributed by atoms with Crippen LogP contribution in [0.5, 0.6) is 5.88 Å². The van der Waals surface area contributed by atoms with E-state index in [-0.39, 0.29) is 30.4 Å². The van der Waals surface area contributed by atoms with E-state index in [1.807, 2.05) is 0 Å². The highest BCUT2D eigenvalue weighted by molar-refractivity contribution is 6.19. The number of nitrogens with zero attached hydrogens (tertiary/aromatic N) is 4. The second-order valence-electron chi connectivity index (χ2n) is 5.43. The van der Waals surface area contributed by atoms with E-state index in [0.717, 1.165) is 4.90 Å². The normalized spacial score (nSPS) is 18.4. The first kappa shape index (κ1) is 17.5. The Morgan fingerprint density at radius 3 is 3.04 bits per heavy atom. The molecule has 3 heterocycles. The van der Waals surface area contributed by atoms with Gasteiger partial charge in [-0.05, 0) is 25.1 Å². The van der Waals surface area contributed by atoms with Crippen LogP contribution in [-0.2, 0) is 4.79 Å². The van der Waals surface area contributed by atoms with Gasteiger partial charge in [-0.2, -0.15) is 4.99 Å². The number of carbonyl (C=O) groups excluding carboxylic acids is 3. The zero-order chi connectivity index (χ0) is 18.5. The van der Waals surface area contributed by atoms with Crippen LogP contribution >= 0.6 is 0 Å². The maximum atomic E-state index is 12.4. The summed E-state index contributed by atoms with van der Waals surface area (Å²) in [6.07, 6.45) is 6.28. The van der Waals surface area contributed by atoms with Crippen molar-refractivity contribution in [3.63, 3.8) is 0 Å². The number of hydrogen-bond donors (Lipinski definition) is 1. The van der Waals surface area contributed by atoms with Crippen LogP contribution in [0.25, 0.3) is 0 Å². The molecule has 0 saturated heterocycles. The number of carbonyl (C=O) groups is 3. The number of fused-ring (bicyclic) bond motifs is 1. The zero-order valence-electron chi connectivity index (χ0n) is 14.1. The molecular weight excluding hydrogens is 338 g/mol. The quantitative estimate of drug-likeness (QED) is 0.812. The summed E-state index contributed by atoms with van der Waals surface area (Å²) in [5.74, 6) is -1.03. The summed E-state index contributed by atoms with van der Waals surface area (Å²) in [4.78, 5) is 49.5. The van der Waals surface area contributed by atoms with Gasteiger partial charge in [-0.3, -0.25) is 14.5 Å². The van der Waals surface area contributed by atoms with E-state index in [9.17, 15) is 14.4 Å². The van der Waals surface area contributed by atoms with Gasteiger partial charge >= 0.3 is 6.03 Å². The summed E-state index contributed by atoms with van der Waals surface area (Å²) >= 11 is 0. The molecule has 1 atom stereocenters. The van der Waals surface area contributed by atoms with Gasteiger partial charge in [0.05, 0.1) is 6.61 Å². The minimum absolute atomic E-state index is 0.0124. The van der Waals surface area contributed by atoms with Gasteiger partial charge in [0.2, 0.25) is 11.8 Å². The monoisotopic (exact) mass is 355 g/mol. The number of amidine groups is 1. The average Bonchev–Trinajstić information content (AvgIpc) is 2.65. The number of pyridine rings is 1. The molecule has 9 heteroatoms. The van der Waals surface area contributed by atoms with E-state index in [1.54, 1.807) is 31.2 Å². The summed E-state index contributed by atoms with van der Waals surface area (Å²) < 4.78 is 5.32. The molecule has 1 unspecified atom stereocenters. The highest BCUT2D eigenvalue weighted by Crippen LogP contribution is 2.18. The van der Waals surface area contributed by atoms with Gasteiger partial charge in [0.15, 0.2) is 0 Å². The molecule has 1 aromatic rings.